The summed E-state index contributed by atoms with van der Waals surface area (Å²) < 4.78 is 10.7. The molecule has 1 heterocycles. The third-order valence-electron chi connectivity index (χ3n) is 5.57. The minimum absolute atomic E-state index is 0.00772. The molecule has 4 heteroatoms. The molecular weight excluding hydrogens is 352 g/mol. The molecule has 158 valence electrons. The molecule has 0 radical (unpaired) electrons. The Morgan fingerprint density at radius 1 is 1.07 bits per heavy atom. The number of carboxylic acid groups (broad SMARTS) is 1. The quantitative estimate of drug-likeness (QED) is 0.338. The van der Waals surface area contributed by atoms with Crippen molar-refractivity contribution in [2.45, 2.75) is 97.5 Å². The summed E-state index contributed by atoms with van der Waals surface area (Å²) >= 11 is 0. The van der Waals surface area contributed by atoms with E-state index in [1.54, 1.807) is 13.8 Å². The van der Waals surface area contributed by atoms with Crippen LogP contribution in [0, 0.1) is 35.0 Å². The minimum atomic E-state index is -0.809. The van der Waals surface area contributed by atoms with E-state index in [0.29, 0.717) is 26.2 Å². The van der Waals surface area contributed by atoms with Gasteiger partial charge in [0.1, 0.15) is 6.79 Å². The Kier molecular flexibility index (Phi) is 12.7. The van der Waals surface area contributed by atoms with Gasteiger partial charge in [-0.2, -0.15) is 0 Å². The van der Waals surface area contributed by atoms with Crippen LogP contribution in [0.2, 0.25) is 0 Å². The number of hydrogen-bond acceptors (Lipinski definition) is 3. The van der Waals surface area contributed by atoms with Crippen LogP contribution in [-0.2, 0) is 14.3 Å². The summed E-state index contributed by atoms with van der Waals surface area (Å²) in [7, 11) is 0. The SMILES string of the molecule is CCCCCCCCCC#CC#CCCC(CC1COCO1)C(C)(C)C(=O)O. The van der Waals surface area contributed by atoms with E-state index in [9.17, 15) is 9.90 Å². The van der Waals surface area contributed by atoms with Crippen LogP contribution >= 0.6 is 0 Å². The Bertz CT molecular complexity index is 553. The number of aliphatic carboxylic acids is 1. The molecule has 1 fully saturated rings. The first-order chi connectivity index (χ1) is 13.5. The number of carbonyl (C=O) groups is 1. The normalized spacial score (nSPS) is 17.3. The van der Waals surface area contributed by atoms with Crippen molar-refractivity contribution in [3.63, 3.8) is 0 Å². The van der Waals surface area contributed by atoms with Gasteiger partial charge >= 0.3 is 5.97 Å². The first kappa shape index (κ1) is 24.5. The van der Waals surface area contributed by atoms with Gasteiger partial charge in [-0.05, 0) is 50.9 Å². The smallest absolute Gasteiger partial charge is 0.309 e. The van der Waals surface area contributed by atoms with Gasteiger partial charge in [0.15, 0.2) is 0 Å². The predicted octanol–water partition coefficient (Wildman–Crippen LogP) is 5.40. The van der Waals surface area contributed by atoms with Crippen LogP contribution < -0.4 is 0 Å². The molecule has 28 heavy (non-hydrogen) atoms. The summed E-state index contributed by atoms with van der Waals surface area (Å²) in [4.78, 5) is 11.6. The molecule has 2 atom stereocenters. The topological polar surface area (TPSA) is 55.8 Å². The van der Waals surface area contributed by atoms with E-state index in [0.717, 1.165) is 19.3 Å². The summed E-state index contributed by atoms with van der Waals surface area (Å²) in [5.74, 6) is 11.3. The van der Waals surface area contributed by atoms with E-state index in [1.165, 1.54) is 38.5 Å². The van der Waals surface area contributed by atoms with Crippen molar-refractivity contribution in [2.75, 3.05) is 13.4 Å². The first-order valence-electron chi connectivity index (χ1n) is 10.9. The van der Waals surface area contributed by atoms with Gasteiger partial charge in [-0.1, -0.05) is 57.3 Å². The summed E-state index contributed by atoms with van der Waals surface area (Å²) in [6.45, 7) is 6.65. The van der Waals surface area contributed by atoms with Crippen molar-refractivity contribution in [3.05, 3.63) is 0 Å². The molecule has 0 amide bonds. The minimum Gasteiger partial charge on any atom is -0.481 e. The maximum absolute atomic E-state index is 11.6. The number of carboxylic acids is 1. The average molecular weight is 391 g/mol. The van der Waals surface area contributed by atoms with Gasteiger partial charge in [-0.15, -0.1) is 0 Å². The Morgan fingerprint density at radius 3 is 2.32 bits per heavy atom. The largest absolute Gasteiger partial charge is 0.481 e. The van der Waals surface area contributed by atoms with Crippen molar-refractivity contribution in [1.82, 2.24) is 0 Å². The zero-order valence-corrected chi connectivity index (χ0v) is 18.0. The summed E-state index contributed by atoms with van der Waals surface area (Å²) in [5, 5.41) is 9.56. The van der Waals surface area contributed by atoms with Gasteiger partial charge in [0.05, 0.1) is 18.1 Å². The molecule has 1 rings (SSSR count). The molecule has 0 aliphatic carbocycles. The fraction of sp³-hybridized carbons (Fsp3) is 0.792. The molecule has 0 bridgehead atoms. The molecule has 1 aliphatic heterocycles. The van der Waals surface area contributed by atoms with Crippen molar-refractivity contribution < 1.29 is 19.4 Å². The number of ether oxygens (including phenoxy) is 2. The van der Waals surface area contributed by atoms with E-state index < -0.39 is 11.4 Å². The van der Waals surface area contributed by atoms with E-state index in [1.807, 2.05) is 0 Å². The van der Waals surface area contributed by atoms with Crippen LogP contribution in [0.1, 0.15) is 91.4 Å². The van der Waals surface area contributed by atoms with Crippen molar-refractivity contribution >= 4 is 5.97 Å². The van der Waals surface area contributed by atoms with E-state index in [4.69, 9.17) is 9.47 Å². The molecule has 1 N–H and O–H groups in total. The monoisotopic (exact) mass is 390 g/mol. The second-order valence-electron chi connectivity index (χ2n) is 8.25. The molecular formula is C24H38O4. The third kappa shape index (κ3) is 10.2. The fourth-order valence-electron chi connectivity index (χ4n) is 3.40. The lowest BCUT2D eigenvalue weighted by atomic mass is 9.73. The standard InChI is InChI=1S/C24H38O4/c1-4-5-6-7-8-9-10-11-12-13-14-15-16-17-21(24(2,3)23(25)26)18-22-19-27-20-28-22/h21-22H,4-11,16-20H2,1-3H3,(H,25,26). The molecule has 0 aromatic heterocycles. The van der Waals surface area contributed by atoms with Gasteiger partial charge < -0.3 is 14.6 Å². The van der Waals surface area contributed by atoms with Crippen molar-refractivity contribution in [1.29, 1.82) is 0 Å². The fourth-order valence-corrected chi connectivity index (χ4v) is 3.40. The lowest BCUT2D eigenvalue weighted by molar-refractivity contribution is -0.151. The van der Waals surface area contributed by atoms with E-state index >= 15 is 0 Å². The maximum atomic E-state index is 11.6. The van der Waals surface area contributed by atoms with Gasteiger partial charge in [0.2, 0.25) is 0 Å². The van der Waals surface area contributed by atoms with Gasteiger partial charge in [-0.3, -0.25) is 4.79 Å². The molecule has 1 saturated heterocycles. The molecule has 4 nitrogen and oxygen atoms in total. The Hall–Kier alpha value is -1.49. The zero-order valence-electron chi connectivity index (χ0n) is 18.0. The van der Waals surface area contributed by atoms with Gasteiger partial charge in [0.25, 0.3) is 0 Å². The van der Waals surface area contributed by atoms with Crippen LogP contribution in [0.15, 0.2) is 0 Å². The lowest BCUT2D eigenvalue weighted by Crippen LogP contribution is -2.35. The van der Waals surface area contributed by atoms with E-state index in [2.05, 4.69) is 30.6 Å². The van der Waals surface area contributed by atoms with Crippen LogP contribution in [0.5, 0.6) is 0 Å². The highest BCUT2D eigenvalue weighted by atomic mass is 16.7. The molecule has 0 spiro atoms. The first-order valence-corrected chi connectivity index (χ1v) is 10.9. The second kappa shape index (κ2) is 14.5. The van der Waals surface area contributed by atoms with Gasteiger partial charge in [0, 0.05) is 12.8 Å². The van der Waals surface area contributed by atoms with Crippen LogP contribution in [0.3, 0.4) is 0 Å². The van der Waals surface area contributed by atoms with Crippen LogP contribution in [0.4, 0.5) is 0 Å². The van der Waals surface area contributed by atoms with E-state index in [-0.39, 0.29) is 12.0 Å². The number of unbranched alkanes of at least 4 members (excludes halogenated alkanes) is 7. The number of rotatable bonds is 13. The maximum Gasteiger partial charge on any atom is 0.309 e. The second-order valence-corrected chi connectivity index (χ2v) is 8.25. The zero-order chi connectivity index (χ0) is 20.7. The molecule has 1 aliphatic rings. The Balaban J connectivity index is 2.29. The molecule has 0 saturated carbocycles. The third-order valence-corrected chi connectivity index (χ3v) is 5.57. The van der Waals surface area contributed by atoms with Crippen molar-refractivity contribution in [2.24, 2.45) is 11.3 Å². The Morgan fingerprint density at radius 2 is 1.71 bits per heavy atom. The summed E-state index contributed by atoms with van der Waals surface area (Å²) in [6.07, 6.45) is 12.0. The highest BCUT2D eigenvalue weighted by Crippen LogP contribution is 2.35. The van der Waals surface area contributed by atoms with Gasteiger partial charge in [-0.25, -0.2) is 0 Å². The summed E-state index contributed by atoms with van der Waals surface area (Å²) in [6, 6.07) is 0. The number of hydrogen-bond donors (Lipinski definition) is 1. The summed E-state index contributed by atoms with van der Waals surface area (Å²) in [5.41, 5.74) is -0.809. The molecule has 2 unspecified atom stereocenters. The highest BCUT2D eigenvalue weighted by Gasteiger charge is 2.38. The predicted molar refractivity (Wildman–Crippen MR) is 113 cm³/mol. The lowest BCUT2D eigenvalue weighted by Gasteiger charge is -2.31. The Labute approximate surface area is 171 Å². The highest BCUT2D eigenvalue weighted by molar-refractivity contribution is 5.74. The van der Waals surface area contributed by atoms with Crippen LogP contribution in [-0.4, -0.2) is 30.6 Å². The molecule has 0 aromatic rings. The van der Waals surface area contributed by atoms with Crippen molar-refractivity contribution in [3.8, 4) is 23.7 Å². The van der Waals surface area contributed by atoms with Crippen LogP contribution in [0.25, 0.3) is 0 Å². The average Bonchev–Trinajstić information content (AvgIpc) is 3.17. The molecule has 0 aromatic carbocycles.